The third-order valence-electron chi connectivity index (χ3n) is 5.39. The van der Waals surface area contributed by atoms with Gasteiger partial charge in [-0.3, -0.25) is 10.1 Å². The Morgan fingerprint density at radius 2 is 1.69 bits per heavy atom. The summed E-state index contributed by atoms with van der Waals surface area (Å²) in [6.07, 6.45) is 2.51. The maximum Gasteiger partial charge on any atom is 0.324 e. The van der Waals surface area contributed by atoms with Crippen molar-refractivity contribution in [2.75, 3.05) is 37.7 Å². The average molecular weight is 359 g/mol. The molecular formula is C19H25N3O4. The zero-order chi connectivity index (χ0) is 17.9. The number of imide groups is 1. The van der Waals surface area contributed by atoms with E-state index >= 15 is 0 Å². The van der Waals surface area contributed by atoms with Crippen LogP contribution in [0.15, 0.2) is 24.3 Å². The van der Waals surface area contributed by atoms with Crippen LogP contribution in [-0.2, 0) is 20.8 Å². The van der Waals surface area contributed by atoms with Crippen molar-refractivity contribution in [1.82, 2.24) is 10.2 Å². The van der Waals surface area contributed by atoms with Crippen molar-refractivity contribution in [3.63, 3.8) is 0 Å². The molecule has 0 aromatic heterocycles. The standard InChI is InChI=1S/C19H25N3O4/c23-17-7-10-22(19(24)20-17)13-14-1-3-16(4-2-14)21-8-5-15(6-9-21)18-25-11-12-26-18/h1-4,15,18H,5-13H2,(H,20,23,24). The third-order valence-corrected chi connectivity index (χ3v) is 5.39. The van der Waals surface area contributed by atoms with Gasteiger partial charge in [-0.2, -0.15) is 0 Å². The number of hydrogen-bond donors (Lipinski definition) is 1. The summed E-state index contributed by atoms with van der Waals surface area (Å²) in [5, 5.41) is 2.36. The molecule has 0 aliphatic carbocycles. The first kappa shape index (κ1) is 17.3. The molecule has 3 aliphatic heterocycles. The second kappa shape index (κ2) is 7.63. The Morgan fingerprint density at radius 1 is 1.00 bits per heavy atom. The molecule has 1 N–H and O–H groups in total. The molecule has 3 heterocycles. The van der Waals surface area contributed by atoms with E-state index in [2.05, 4.69) is 34.5 Å². The highest BCUT2D eigenvalue weighted by Crippen LogP contribution is 2.28. The van der Waals surface area contributed by atoms with E-state index < -0.39 is 0 Å². The number of piperidine rings is 1. The molecule has 7 nitrogen and oxygen atoms in total. The number of anilines is 1. The fourth-order valence-electron chi connectivity index (χ4n) is 3.86. The number of rotatable bonds is 4. The molecule has 3 fully saturated rings. The molecule has 0 radical (unpaired) electrons. The van der Waals surface area contributed by atoms with E-state index in [0.29, 0.717) is 25.4 Å². The van der Waals surface area contributed by atoms with Crippen LogP contribution < -0.4 is 10.2 Å². The highest BCUT2D eigenvalue weighted by Gasteiger charge is 2.30. The number of hydrogen-bond acceptors (Lipinski definition) is 5. The summed E-state index contributed by atoms with van der Waals surface area (Å²) in [4.78, 5) is 27.1. The lowest BCUT2D eigenvalue weighted by Crippen LogP contribution is -2.48. The normalized spacial score (nSPS) is 22.8. The number of benzene rings is 1. The molecule has 3 amide bonds. The van der Waals surface area contributed by atoms with Gasteiger partial charge in [0.2, 0.25) is 5.91 Å². The minimum absolute atomic E-state index is 0.0119. The monoisotopic (exact) mass is 359 g/mol. The Morgan fingerprint density at radius 3 is 2.35 bits per heavy atom. The Balaban J connectivity index is 1.30. The van der Waals surface area contributed by atoms with Crippen molar-refractivity contribution in [2.45, 2.75) is 32.1 Å². The highest BCUT2D eigenvalue weighted by atomic mass is 16.7. The van der Waals surface area contributed by atoms with Crippen molar-refractivity contribution in [2.24, 2.45) is 5.92 Å². The van der Waals surface area contributed by atoms with Crippen molar-refractivity contribution >= 4 is 17.6 Å². The maximum atomic E-state index is 11.8. The molecule has 0 spiro atoms. The van der Waals surface area contributed by atoms with Crippen molar-refractivity contribution < 1.29 is 19.1 Å². The van der Waals surface area contributed by atoms with Gasteiger partial charge in [-0.1, -0.05) is 12.1 Å². The van der Waals surface area contributed by atoms with Crippen molar-refractivity contribution in [1.29, 1.82) is 0 Å². The number of ether oxygens (including phenoxy) is 2. The molecule has 3 aliphatic rings. The molecule has 3 saturated heterocycles. The summed E-state index contributed by atoms with van der Waals surface area (Å²) in [5.74, 6) is 0.298. The summed E-state index contributed by atoms with van der Waals surface area (Å²) in [5.41, 5.74) is 2.28. The molecular weight excluding hydrogens is 334 g/mol. The number of nitrogens with zero attached hydrogens (tertiary/aromatic N) is 2. The molecule has 1 aromatic carbocycles. The van der Waals surface area contributed by atoms with Crippen LogP contribution in [0, 0.1) is 5.92 Å². The van der Waals surface area contributed by atoms with Crippen LogP contribution in [0.2, 0.25) is 0 Å². The molecule has 7 heteroatoms. The van der Waals surface area contributed by atoms with Crippen molar-refractivity contribution in [3.8, 4) is 0 Å². The fraction of sp³-hybridized carbons (Fsp3) is 0.579. The van der Waals surface area contributed by atoms with Gasteiger partial charge in [-0.25, -0.2) is 4.79 Å². The summed E-state index contributed by atoms with van der Waals surface area (Å²) < 4.78 is 11.3. The van der Waals surface area contributed by atoms with Crippen LogP contribution in [0.4, 0.5) is 10.5 Å². The van der Waals surface area contributed by atoms with Crippen LogP contribution in [0.25, 0.3) is 0 Å². The number of urea groups is 1. The topological polar surface area (TPSA) is 71.1 Å². The second-order valence-corrected chi connectivity index (χ2v) is 7.13. The van der Waals surface area contributed by atoms with Gasteiger partial charge in [-0.05, 0) is 30.5 Å². The Bertz CT molecular complexity index is 649. The summed E-state index contributed by atoms with van der Waals surface area (Å²) >= 11 is 0. The Kier molecular flexibility index (Phi) is 5.08. The first-order valence-corrected chi connectivity index (χ1v) is 9.35. The van der Waals surface area contributed by atoms with E-state index in [1.807, 2.05) is 0 Å². The van der Waals surface area contributed by atoms with Gasteiger partial charge >= 0.3 is 6.03 Å². The number of carbonyl (C=O) groups is 2. The molecule has 0 bridgehead atoms. The van der Waals surface area contributed by atoms with E-state index in [9.17, 15) is 9.59 Å². The summed E-state index contributed by atoms with van der Waals surface area (Å²) in [6, 6.07) is 8.06. The largest absolute Gasteiger partial charge is 0.372 e. The average Bonchev–Trinajstić information content (AvgIpc) is 3.20. The lowest BCUT2D eigenvalue weighted by molar-refractivity contribution is -0.121. The molecule has 26 heavy (non-hydrogen) atoms. The first-order valence-electron chi connectivity index (χ1n) is 9.35. The van der Waals surface area contributed by atoms with Gasteiger partial charge in [0.25, 0.3) is 0 Å². The van der Waals surface area contributed by atoms with Gasteiger partial charge < -0.3 is 19.3 Å². The molecule has 0 atom stereocenters. The SMILES string of the molecule is O=C1CCN(Cc2ccc(N3CCC(C4OCCO4)CC3)cc2)C(=O)N1. The van der Waals surface area contributed by atoms with E-state index in [0.717, 1.165) is 44.7 Å². The lowest BCUT2D eigenvalue weighted by Gasteiger charge is -2.35. The van der Waals surface area contributed by atoms with Crippen molar-refractivity contribution in [3.05, 3.63) is 29.8 Å². The zero-order valence-electron chi connectivity index (χ0n) is 14.9. The predicted molar refractivity (Wildman–Crippen MR) is 95.6 cm³/mol. The van der Waals surface area contributed by atoms with E-state index in [1.54, 1.807) is 4.90 Å². The summed E-state index contributed by atoms with van der Waals surface area (Å²) in [6.45, 7) is 4.45. The fourth-order valence-corrected chi connectivity index (χ4v) is 3.86. The smallest absolute Gasteiger partial charge is 0.324 e. The van der Waals surface area contributed by atoms with Gasteiger partial charge in [0, 0.05) is 44.2 Å². The predicted octanol–water partition coefficient (Wildman–Crippen LogP) is 1.72. The van der Waals surface area contributed by atoms with Gasteiger partial charge in [0.1, 0.15) is 0 Å². The molecule has 4 rings (SSSR count). The van der Waals surface area contributed by atoms with E-state index in [1.165, 1.54) is 5.69 Å². The Hall–Kier alpha value is -2.12. The quantitative estimate of drug-likeness (QED) is 0.886. The van der Waals surface area contributed by atoms with Crippen LogP contribution in [0.3, 0.4) is 0 Å². The number of nitrogens with one attached hydrogen (secondary N) is 1. The molecule has 1 aromatic rings. The van der Waals surface area contributed by atoms with E-state index in [-0.39, 0.29) is 18.2 Å². The van der Waals surface area contributed by atoms with Gasteiger partial charge in [0.15, 0.2) is 6.29 Å². The lowest BCUT2D eigenvalue weighted by atomic mass is 9.95. The molecule has 140 valence electrons. The van der Waals surface area contributed by atoms with Crippen LogP contribution in [-0.4, -0.2) is 56.0 Å². The maximum absolute atomic E-state index is 11.8. The van der Waals surface area contributed by atoms with Crippen LogP contribution in [0.5, 0.6) is 0 Å². The number of amides is 3. The zero-order valence-corrected chi connectivity index (χ0v) is 14.9. The molecule has 0 unspecified atom stereocenters. The third kappa shape index (κ3) is 3.83. The van der Waals surface area contributed by atoms with Gasteiger partial charge in [-0.15, -0.1) is 0 Å². The van der Waals surface area contributed by atoms with Crippen LogP contribution in [0.1, 0.15) is 24.8 Å². The highest BCUT2D eigenvalue weighted by molar-refractivity contribution is 5.96. The number of carbonyl (C=O) groups excluding carboxylic acids is 2. The van der Waals surface area contributed by atoms with Crippen LogP contribution >= 0.6 is 0 Å². The van der Waals surface area contributed by atoms with Gasteiger partial charge in [0.05, 0.1) is 13.2 Å². The minimum atomic E-state index is -0.302. The Labute approximate surface area is 153 Å². The summed E-state index contributed by atoms with van der Waals surface area (Å²) in [7, 11) is 0. The second-order valence-electron chi connectivity index (χ2n) is 7.13. The minimum Gasteiger partial charge on any atom is -0.372 e. The van der Waals surface area contributed by atoms with E-state index in [4.69, 9.17) is 9.47 Å². The first-order chi connectivity index (χ1) is 12.7. The molecule has 0 saturated carbocycles.